The number of carbonyl (C=O) groups excluding carboxylic acids is 4. The van der Waals surface area contributed by atoms with E-state index in [1.165, 1.54) is 11.1 Å². The van der Waals surface area contributed by atoms with Gasteiger partial charge in [0.25, 0.3) is 0 Å². The van der Waals surface area contributed by atoms with E-state index in [9.17, 15) is 37.1 Å². The van der Waals surface area contributed by atoms with Crippen LogP contribution in [-0.2, 0) is 31.1 Å². The molecule has 0 aliphatic carbocycles. The van der Waals surface area contributed by atoms with E-state index >= 15 is 8.78 Å². The summed E-state index contributed by atoms with van der Waals surface area (Å²) in [4.78, 5) is 85.3. The minimum absolute atomic E-state index is 0.00636. The van der Waals surface area contributed by atoms with Gasteiger partial charge >= 0.3 is 10.2 Å². The van der Waals surface area contributed by atoms with Gasteiger partial charge in [0.15, 0.2) is 5.82 Å². The number of benzene rings is 2. The summed E-state index contributed by atoms with van der Waals surface area (Å²) < 4.78 is 73.3. The van der Waals surface area contributed by atoms with Crippen LogP contribution in [0, 0.1) is 29.9 Å². The number of β-amino-alcohol motifs (C(OH)–C–C–N with tert-alkyl or cyclic N) is 1. The number of pyridine rings is 1. The minimum Gasteiger partial charge on any atom is -0.391 e. The lowest BCUT2D eigenvalue weighted by molar-refractivity contribution is -0.144. The maximum atomic E-state index is 15.8. The summed E-state index contributed by atoms with van der Waals surface area (Å²) >= 11 is 1.57. The molecular formula is C56H66F3N13O7S2. The Kier molecular flexibility index (Phi) is 16.9. The summed E-state index contributed by atoms with van der Waals surface area (Å²) in [6.45, 7) is 12.8. The van der Waals surface area contributed by atoms with Gasteiger partial charge in [0.05, 0.1) is 40.0 Å². The zero-order valence-electron chi connectivity index (χ0n) is 45.5. The molecular weight excluding hydrogens is 1090 g/mol. The molecule has 10 rings (SSSR count). The number of anilines is 2. The normalized spacial score (nSPS) is 20.2. The van der Waals surface area contributed by atoms with Crippen LogP contribution in [0.1, 0.15) is 73.6 Å². The topological polar surface area (TPSA) is 242 Å². The third-order valence-electron chi connectivity index (χ3n) is 15.7. The van der Waals surface area contributed by atoms with Crippen molar-refractivity contribution in [3.63, 3.8) is 0 Å². The minimum atomic E-state index is -4.38. The van der Waals surface area contributed by atoms with Crippen LogP contribution in [0.15, 0.2) is 72.8 Å². The Morgan fingerprint density at radius 2 is 1.58 bits per heavy atom. The molecule has 0 unspecified atom stereocenters. The highest BCUT2D eigenvalue weighted by atomic mass is 32.2. The van der Waals surface area contributed by atoms with Gasteiger partial charge in [0.2, 0.25) is 29.5 Å². The SMILES string of the molecule is Cc1ncsc1-c1ccc(CNC(=O)[C@@H]2C[C@@H](O)CN2C(=O)[C@@H](NC(=O)CN2CCC(CN3CCN(c4ncc(-c5cnc6[nH]cc(C(=O)c7c(F)ccc(NS(=O)(=O)N8CC[C@@H](F)C8)c7F)c6c5)cn4)CC3)CC2)C(C)(C)C)cc1. The molecule has 2 aromatic carbocycles. The van der Waals surface area contributed by atoms with E-state index < -0.39 is 81.1 Å². The second-order valence-electron chi connectivity index (χ2n) is 22.5. The fourth-order valence-electron chi connectivity index (χ4n) is 11.1. The van der Waals surface area contributed by atoms with Crippen molar-refractivity contribution in [3.05, 3.63) is 107 Å². The first-order valence-corrected chi connectivity index (χ1v) is 29.5. The van der Waals surface area contributed by atoms with Crippen LogP contribution < -0.4 is 20.3 Å². The van der Waals surface area contributed by atoms with Crippen molar-refractivity contribution in [2.24, 2.45) is 11.3 Å². The lowest BCUT2D eigenvalue weighted by atomic mass is 9.85. The summed E-state index contributed by atoms with van der Waals surface area (Å²) in [5, 5.41) is 16.9. The molecule has 6 aromatic rings. The Balaban J connectivity index is 0.678. The number of hydrogen-bond donors (Lipinski definition) is 5. The van der Waals surface area contributed by atoms with Crippen molar-refractivity contribution in [2.45, 2.75) is 84.3 Å². The van der Waals surface area contributed by atoms with Crippen molar-refractivity contribution in [1.29, 1.82) is 0 Å². The first-order chi connectivity index (χ1) is 38.7. The van der Waals surface area contributed by atoms with Gasteiger partial charge in [-0.2, -0.15) is 12.7 Å². The average molecular weight is 1150 g/mol. The summed E-state index contributed by atoms with van der Waals surface area (Å²) in [7, 11) is -4.38. The standard InChI is InChI=1S/C56H66F3N13O7S2/c1-33-50(80-32-65-33)36-7-5-34(6-8-36)23-62-53(76)45-22-40(73)30-72(45)54(77)51(56(2,3)4)66-46(74)31-68-14-11-35(12-15-68)28-69-17-19-70(20-18-69)55-63-25-38(26-64-55)37-21-41-42(27-61-52(41)60-24-37)49(75)47-43(58)9-10-44(48(47)59)67-81(78,79)71-16-13-39(57)29-71/h5-10,21,24-27,32,35,39-40,45,51,67,73H,11-20,22-23,28-31H2,1-4H3,(H,60,61)(H,62,76)(H,66,74)/t39-,40-,45+,51-/m1/s1. The number of likely N-dealkylation sites (tertiary alicyclic amines) is 2. The van der Waals surface area contributed by atoms with Crippen LogP contribution in [0.4, 0.5) is 24.8 Å². The lowest BCUT2D eigenvalue weighted by Gasteiger charge is -2.39. The van der Waals surface area contributed by atoms with Crippen molar-refractivity contribution >= 4 is 67.7 Å². The van der Waals surface area contributed by atoms with E-state index in [4.69, 9.17) is 0 Å². The van der Waals surface area contributed by atoms with Gasteiger partial charge in [-0.25, -0.2) is 33.1 Å². The van der Waals surface area contributed by atoms with E-state index in [0.717, 1.165) is 83.7 Å². The van der Waals surface area contributed by atoms with Gasteiger partial charge in [-0.1, -0.05) is 45.0 Å². The third kappa shape index (κ3) is 12.9. The van der Waals surface area contributed by atoms with Crippen LogP contribution >= 0.6 is 11.3 Å². The average Bonchev–Trinajstić information content (AvgIpc) is 4.41. The second kappa shape index (κ2) is 23.9. The smallest absolute Gasteiger partial charge is 0.301 e. The first-order valence-electron chi connectivity index (χ1n) is 27.2. The number of piperidine rings is 1. The van der Waals surface area contributed by atoms with Gasteiger partial charge in [-0.05, 0) is 79.9 Å². The molecule has 4 aliphatic heterocycles. The molecule has 4 saturated heterocycles. The maximum Gasteiger partial charge on any atom is 0.301 e. The number of ketones is 1. The van der Waals surface area contributed by atoms with Crippen LogP contribution in [0.5, 0.6) is 0 Å². The molecule has 20 nitrogen and oxygen atoms in total. The van der Waals surface area contributed by atoms with Crippen LogP contribution in [-0.4, -0.2) is 177 Å². The fourth-order valence-corrected chi connectivity index (χ4v) is 13.2. The molecule has 0 radical (unpaired) electrons. The molecule has 0 spiro atoms. The molecule has 4 atom stereocenters. The van der Waals surface area contributed by atoms with Gasteiger partial charge in [0, 0.05) is 112 Å². The largest absolute Gasteiger partial charge is 0.391 e. The van der Waals surface area contributed by atoms with Crippen molar-refractivity contribution in [3.8, 4) is 21.6 Å². The number of thiazole rings is 1. The van der Waals surface area contributed by atoms with Crippen LogP contribution in [0.3, 0.4) is 0 Å². The Hall–Kier alpha value is -6.90. The van der Waals surface area contributed by atoms with Gasteiger partial charge < -0.3 is 30.5 Å². The highest BCUT2D eigenvalue weighted by molar-refractivity contribution is 7.90. The van der Waals surface area contributed by atoms with Gasteiger partial charge in [0.1, 0.15) is 29.7 Å². The maximum absolute atomic E-state index is 15.8. The molecule has 430 valence electrons. The zero-order valence-corrected chi connectivity index (χ0v) is 47.1. The molecule has 4 aliphatic rings. The molecule has 0 saturated carbocycles. The number of fused-ring (bicyclic) bond motifs is 1. The number of rotatable bonds is 17. The number of aromatic nitrogens is 5. The Labute approximate surface area is 471 Å². The molecule has 5 N–H and O–H groups in total. The number of H-pyrrole nitrogens is 1. The van der Waals surface area contributed by atoms with Crippen LogP contribution in [0.25, 0.3) is 32.6 Å². The van der Waals surface area contributed by atoms with Crippen molar-refractivity contribution in [2.75, 3.05) is 81.6 Å². The van der Waals surface area contributed by atoms with E-state index in [1.54, 1.807) is 36.0 Å². The number of halogens is 3. The number of aliphatic hydroxyl groups excluding tert-OH is 1. The number of nitrogens with zero attached hydrogens (tertiary/aromatic N) is 9. The molecule has 3 amide bonds. The Morgan fingerprint density at radius 3 is 2.25 bits per heavy atom. The van der Waals surface area contributed by atoms with E-state index in [1.807, 2.05) is 62.2 Å². The third-order valence-corrected chi connectivity index (χ3v) is 18.2. The summed E-state index contributed by atoms with van der Waals surface area (Å²) in [5.41, 5.74) is 3.69. The van der Waals surface area contributed by atoms with E-state index in [-0.39, 0.29) is 67.4 Å². The summed E-state index contributed by atoms with van der Waals surface area (Å²) in [5.74, 6) is -3.71. The van der Waals surface area contributed by atoms with E-state index in [0.29, 0.717) is 36.1 Å². The molecule has 81 heavy (non-hydrogen) atoms. The predicted octanol–water partition coefficient (Wildman–Crippen LogP) is 5.30. The second-order valence-corrected chi connectivity index (χ2v) is 25.0. The summed E-state index contributed by atoms with van der Waals surface area (Å²) in [6, 6.07) is 9.37. The number of hydrogen-bond acceptors (Lipinski definition) is 15. The highest BCUT2D eigenvalue weighted by Crippen LogP contribution is 2.33. The van der Waals surface area contributed by atoms with E-state index in [2.05, 4.69) is 50.3 Å². The first kappa shape index (κ1) is 57.3. The Morgan fingerprint density at radius 1 is 0.864 bits per heavy atom. The van der Waals surface area contributed by atoms with Crippen molar-refractivity contribution in [1.82, 2.24) is 54.6 Å². The van der Waals surface area contributed by atoms with Gasteiger partial charge in [-0.3, -0.25) is 33.7 Å². The number of aliphatic hydroxyl groups is 1. The quantitative estimate of drug-likeness (QED) is 0.0729. The number of piperazine rings is 1. The molecule has 25 heteroatoms. The number of aryl methyl sites for hydroxylation is 1. The number of aromatic amines is 1. The Bertz CT molecular complexity index is 3400. The zero-order chi connectivity index (χ0) is 57.3. The fraction of sp³-hybridized carbons (Fsp3) is 0.464. The lowest BCUT2D eigenvalue weighted by Crippen LogP contribution is -2.59. The van der Waals surface area contributed by atoms with Crippen LogP contribution in [0.2, 0.25) is 0 Å². The monoisotopic (exact) mass is 1150 g/mol. The molecule has 4 aromatic heterocycles. The van der Waals surface area contributed by atoms with Gasteiger partial charge in [-0.15, -0.1) is 11.3 Å². The molecule has 4 fully saturated rings. The predicted molar refractivity (Wildman–Crippen MR) is 300 cm³/mol. The summed E-state index contributed by atoms with van der Waals surface area (Å²) in [6.07, 6.45) is 5.79. The number of nitrogens with one attached hydrogen (secondary N) is 4. The number of alkyl halides is 1. The number of carbonyl (C=O) groups is 4. The highest BCUT2D eigenvalue weighted by Gasteiger charge is 2.45. The van der Waals surface area contributed by atoms with Crippen molar-refractivity contribution < 1.29 is 45.9 Å². The molecule has 8 heterocycles. The molecule has 0 bridgehead atoms. The number of amides is 3.